The number of nitrogens with one attached hydrogen (secondary N) is 2. The molecule has 1 heterocycles. The molecule has 110 valence electrons. The molecule has 1 aliphatic rings. The van der Waals surface area contributed by atoms with Gasteiger partial charge in [0.2, 0.25) is 5.91 Å². The Morgan fingerprint density at radius 2 is 2.10 bits per heavy atom. The van der Waals surface area contributed by atoms with Gasteiger partial charge in [0.15, 0.2) is 0 Å². The van der Waals surface area contributed by atoms with Gasteiger partial charge >= 0.3 is 0 Å². The molecule has 3 heteroatoms. The fourth-order valence-corrected chi connectivity index (χ4v) is 2.85. The average Bonchev–Trinajstić information content (AvgIpc) is 2.96. The molecule has 1 amide bonds. The standard InChI is InChI=1S/C17H26N2O/c1-13(2)17(14-7-4-3-5-8-14)19-16(20)11-10-15-9-6-12-18-15/h3-5,7-8,13,15,17-18H,6,9-12H2,1-2H3,(H,19,20). The van der Waals surface area contributed by atoms with Gasteiger partial charge in [0.05, 0.1) is 6.04 Å². The van der Waals surface area contributed by atoms with Crippen molar-refractivity contribution in [2.75, 3.05) is 6.54 Å². The van der Waals surface area contributed by atoms with E-state index in [4.69, 9.17) is 0 Å². The van der Waals surface area contributed by atoms with Crippen LogP contribution in [0.4, 0.5) is 0 Å². The molecule has 2 unspecified atom stereocenters. The molecular formula is C17H26N2O. The van der Waals surface area contributed by atoms with Crippen molar-refractivity contribution >= 4 is 5.91 Å². The molecule has 0 aliphatic carbocycles. The molecule has 0 spiro atoms. The number of rotatable bonds is 6. The van der Waals surface area contributed by atoms with Crippen LogP contribution >= 0.6 is 0 Å². The summed E-state index contributed by atoms with van der Waals surface area (Å²) in [5.74, 6) is 0.562. The zero-order valence-corrected chi connectivity index (χ0v) is 12.6. The highest BCUT2D eigenvalue weighted by Gasteiger charge is 2.20. The van der Waals surface area contributed by atoms with Gasteiger partial charge in [0, 0.05) is 12.5 Å². The third kappa shape index (κ3) is 4.34. The lowest BCUT2D eigenvalue weighted by Crippen LogP contribution is -2.33. The van der Waals surface area contributed by atoms with Crippen molar-refractivity contribution in [1.29, 1.82) is 0 Å². The smallest absolute Gasteiger partial charge is 0.220 e. The van der Waals surface area contributed by atoms with Crippen LogP contribution < -0.4 is 10.6 Å². The van der Waals surface area contributed by atoms with Crippen LogP contribution in [0, 0.1) is 5.92 Å². The van der Waals surface area contributed by atoms with E-state index in [0.717, 1.165) is 13.0 Å². The Kier molecular flexibility index (Phi) is 5.60. The summed E-state index contributed by atoms with van der Waals surface area (Å²) in [4.78, 5) is 12.1. The van der Waals surface area contributed by atoms with Crippen LogP contribution in [-0.4, -0.2) is 18.5 Å². The van der Waals surface area contributed by atoms with Crippen molar-refractivity contribution in [2.24, 2.45) is 5.92 Å². The van der Waals surface area contributed by atoms with Crippen molar-refractivity contribution < 1.29 is 4.79 Å². The van der Waals surface area contributed by atoms with E-state index in [1.165, 1.54) is 18.4 Å². The fourth-order valence-electron chi connectivity index (χ4n) is 2.85. The van der Waals surface area contributed by atoms with Crippen molar-refractivity contribution in [3.8, 4) is 0 Å². The second-order valence-corrected chi connectivity index (χ2v) is 6.03. The predicted molar refractivity (Wildman–Crippen MR) is 82.4 cm³/mol. The summed E-state index contributed by atoms with van der Waals surface area (Å²) >= 11 is 0. The molecule has 0 radical (unpaired) electrons. The van der Waals surface area contributed by atoms with E-state index in [-0.39, 0.29) is 11.9 Å². The molecule has 1 aromatic rings. The van der Waals surface area contributed by atoms with Crippen LogP contribution in [0.1, 0.15) is 51.1 Å². The Morgan fingerprint density at radius 3 is 2.70 bits per heavy atom. The monoisotopic (exact) mass is 274 g/mol. The molecule has 0 saturated carbocycles. The third-order valence-corrected chi connectivity index (χ3v) is 4.02. The van der Waals surface area contributed by atoms with Crippen LogP contribution in [0.5, 0.6) is 0 Å². The van der Waals surface area contributed by atoms with Gasteiger partial charge in [-0.1, -0.05) is 44.2 Å². The van der Waals surface area contributed by atoms with E-state index in [1.807, 2.05) is 18.2 Å². The Morgan fingerprint density at radius 1 is 1.35 bits per heavy atom. The van der Waals surface area contributed by atoms with E-state index in [0.29, 0.717) is 18.4 Å². The highest BCUT2D eigenvalue weighted by molar-refractivity contribution is 5.76. The van der Waals surface area contributed by atoms with Crippen molar-refractivity contribution in [3.05, 3.63) is 35.9 Å². The van der Waals surface area contributed by atoms with Gasteiger partial charge in [-0.05, 0) is 37.3 Å². The number of carbonyl (C=O) groups excluding carboxylic acids is 1. The molecule has 2 atom stereocenters. The van der Waals surface area contributed by atoms with Crippen molar-refractivity contribution in [2.45, 2.75) is 51.6 Å². The maximum Gasteiger partial charge on any atom is 0.220 e. The lowest BCUT2D eigenvalue weighted by Gasteiger charge is -2.23. The normalized spacial score (nSPS) is 20.1. The van der Waals surface area contributed by atoms with Gasteiger partial charge in [-0.3, -0.25) is 4.79 Å². The maximum atomic E-state index is 12.1. The third-order valence-electron chi connectivity index (χ3n) is 4.02. The molecule has 0 bridgehead atoms. The molecule has 1 fully saturated rings. The largest absolute Gasteiger partial charge is 0.349 e. The summed E-state index contributed by atoms with van der Waals surface area (Å²) in [6.45, 7) is 5.40. The molecular weight excluding hydrogens is 248 g/mol. The summed E-state index contributed by atoms with van der Waals surface area (Å²) < 4.78 is 0. The van der Waals surface area contributed by atoms with Crippen LogP contribution in [0.25, 0.3) is 0 Å². The first kappa shape index (κ1) is 15.0. The molecule has 0 aromatic heterocycles. The number of hydrogen-bond donors (Lipinski definition) is 2. The van der Waals surface area contributed by atoms with Gasteiger partial charge in [0.1, 0.15) is 0 Å². The van der Waals surface area contributed by atoms with E-state index < -0.39 is 0 Å². The second-order valence-electron chi connectivity index (χ2n) is 6.03. The van der Waals surface area contributed by atoms with Crippen molar-refractivity contribution in [3.63, 3.8) is 0 Å². The first-order valence-corrected chi connectivity index (χ1v) is 7.74. The van der Waals surface area contributed by atoms with Gasteiger partial charge in [-0.25, -0.2) is 0 Å². The first-order valence-electron chi connectivity index (χ1n) is 7.74. The maximum absolute atomic E-state index is 12.1. The number of amides is 1. The molecule has 2 rings (SSSR count). The second kappa shape index (κ2) is 7.44. The molecule has 1 saturated heterocycles. The average molecular weight is 274 g/mol. The Balaban J connectivity index is 1.86. The summed E-state index contributed by atoms with van der Waals surface area (Å²) in [5, 5.41) is 6.63. The zero-order chi connectivity index (χ0) is 14.4. The van der Waals surface area contributed by atoms with Gasteiger partial charge in [-0.2, -0.15) is 0 Å². The van der Waals surface area contributed by atoms with Crippen LogP contribution in [0.2, 0.25) is 0 Å². The number of hydrogen-bond acceptors (Lipinski definition) is 2. The van der Waals surface area contributed by atoms with Gasteiger partial charge in [0.25, 0.3) is 0 Å². The van der Waals surface area contributed by atoms with Crippen LogP contribution in [0.15, 0.2) is 30.3 Å². The SMILES string of the molecule is CC(C)C(NC(=O)CCC1CCCN1)c1ccccc1. The molecule has 2 N–H and O–H groups in total. The topological polar surface area (TPSA) is 41.1 Å². The fraction of sp³-hybridized carbons (Fsp3) is 0.588. The zero-order valence-electron chi connectivity index (χ0n) is 12.6. The lowest BCUT2D eigenvalue weighted by molar-refractivity contribution is -0.122. The molecule has 20 heavy (non-hydrogen) atoms. The molecule has 1 aliphatic heterocycles. The number of benzene rings is 1. The minimum atomic E-state index is 0.111. The first-order chi connectivity index (χ1) is 9.66. The minimum absolute atomic E-state index is 0.111. The Labute approximate surface area is 122 Å². The molecule has 1 aromatic carbocycles. The highest BCUT2D eigenvalue weighted by atomic mass is 16.1. The molecule has 3 nitrogen and oxygen atoms in total. The Hall–Kier alpha value is -1.35. The van der Waals surface area contributed by atoms with Crippen LogP contribution in [0.3, 0.4) is 0 Å². The summed E-state index contributed by atoms with van der Waals surface area (Å²) in [6, 6.07) is 10.9. The highest BCUT2D eigenvalue weighted by Crippen LogP contribution is 2.21. The lowest BCUT2D eigenvalue weighted by atomic mass is 9.95. The Bertz CT molecular complexity index is 410. The summed E-state index contributed by atoms with van der Waals surface area (Å²) in [5.41, 5.74) is 1.19. The quantitative estimate of drug-likeness (QED) is 0.837. The predicted octanol–water partition coefficient (Wildman–Crippen LogP) is 3.03. The van der Waals surface area contributed by atoms with Crippen molar-refractivity contribution in [1.82, 2.24) is 10.6 Å². The summed E-state index contributed by atoms with van der Waals surface area (Å²) in [6.07, 6.45) is 4.02. The van der Waals surface area contributed by atoms with Gasteiger partial charge in [-0.15, -0.1) is 0 Å². The van der Waals surface area contributed by atoms with E-state index >= 15 is 0 Å². The van der Waals surface area contributed by atoms with Gasteiger partial charge < -0.3 is 10.6 Å². The van der Waals surface area contributed by atoms with E-state index in [1.54, 1.807) is 0 Å². The number of carbonyl (C=O) groups is 1. The van der Waals surface area contributed by atoms with E-state index in [2.05, 4.69) is 36.6 Å². The van der Waals surface area contributed by atoms with E-state index in [9.17, 15) is 4.79 Å². The minimum Gasteiger partial charge on any atom is -0.349 e. The summed E-state index contributed by atoms with van der Waals surface area (Å²) in [7, 11) is 0. The van der Waals surface area contributed by atoms with Crippen LogP contribution in [-0.2, 0) is 4.79 Å².